The van der Waals surface area contributed by atoms with Gasteiger partial charge in [-0.25, -0.2) is 0 Å². The smallest absolute Gasteiger partial charge is 0.284 e. The standard InChI is InChI=1S/C15H24N4O2.HI/c1-10-4-3-5-11(8-10)19-15(17-2)18-9-12-6-7-13(21-12)14(16)20;/h6-7,10-11H,3-5,8-9H2,1-2H3,(H2,16,20)(H2,17,18,19);1H. The minimum absolute atomic E-state index is 0. The van der Waals surface area contributed by atoms with Crippen LogP contribution in [-0.2, 0) is 6.54 Å². The van der Waals surface area contributed by atoms with Crippen molar-refractivity contribution >= 4 is 35.8 Å². The van der Waals surface area contributed by atoms with E-state index in [4.69, 9.17) is 10.2 Å². The van der Waals surface area contributed by atoms with Crippen molar-refractivity contribution in [3.8, 4) is 0 Å². The van der Waals surface area contributed by atoms with E-state index in [1.807, 2.05) is 0 Å². The van der Waals surface area contributed by atoms with Gasteiger partial charge >= 0.3 is 0 Å². The van der Waals surface area contributed by atoms with Gasteiger partial charge in [-0.1, -0.05) is 19.8 Å². The average Bonchev–Trinajstić information content (AvgIpc) is 2.92. The highest BCUT2D eigenvalue weighted by Crippen LogP contribution is 2.23. The zero-order chi connectivity index (χ0) is 15.2. The highest BCUT2D eigenvalue weighted by molar-refractivity contribution is 14.0. The van der Waals surface area contributed by atoms with Crippen LogP contribution in [0.4, 0.5) is 0 Å². The van der Waals surface area contributed by atoms with Crippen LogP contribution in [-0.4, -0.2) is 25.0 Å². The summed E-state index contributed by atoms with van der Waals surface area (Å²) in [6, 6.07) is 3.79. The fourth-order valence-corrected chi connectivity index (χ4v) is 2.73. The lowest BCUT2D eigenvalue weighted by molar-refractivity contribution is 0.0972. The van der Waals surface area contributed by atoms with E-state index in [-0.39, 0.29) is 29.7 Å². The van der Waals surface area contributed by atoms with E-state index < -0.39 is 5.91 Å². The van der Waals surface area contributed by atoms with Crippen molar-refractivity contribution in [1.29, 1.82) is 0 Å². The molecule has 6 nitrogen and oxygen atoms in total. The Hall–Kier alpha value is -1.25. The molecule has 1 aliphatic carbocycles. The molecule has 1 aromatic rings. The SMILES string of the molecule is CN=C(NCc1ccc(C(N)=O)o1)NC1CCCC(C)C1.I. The maximum absolute atomic E-state index is 11.0. The van der Waals surface area contributed by atoms with Gasteiger partial charge < -0.3 is 20.8 Å². The van der Waals surface area contributed by atoms with E-state index in [0.29, 0.717) is 18.3 Å². The Morgan fingerprint density at radius 3 is 2.82 bits per heavy atom. The molecule has 0 saturated heterocycles. The molecule has 1 amide bonds. The zero-order valence-electron chi connectivity index (χ0n) is 13.1. The van der Waals surface area contributed by atoms with Crippen LogP contribution in [0.1, 0.15) is 48.9 Å². The van der Waals surface area contributed by atoms with E-state index in [0.717, 1.165) is 11.9 Å². The molecule has 1 heterocycles. The summed E-state index contributed by atoms with van der Waals surface area (Å²) in [5.74, 6) is 1.79. The van der Waals surface area contributed by atoms with Crippen LogP contribution in [0.3, 0.4) is 0 Å². The van der Waals surface area contributed by atoms with Gasteiger partial charge in [0.25, 0.3) is 5.91 Å². The Kier molecular flexibility index (Phi) is 7.70. The maximum Gasteiger partial charge on any atom is 0.284 e. The molecule has 22 heavy (non-hydrogen) atoms. The van der Waals surface area contributed by atoms with Crippen molar-refractivity contribution in [3.63, 3.8) is 0 Å². The Bertz CT molecular complexity index is 515. The Balaban J connectivity index is 0.00000242. The molecule has 0 radical (unpaired) electrons. The number of carbonyl (C=O) groups excluding carboxylic acids is 1. The van der Waals surface area contributed by atoms with E-state index in [2.05, 4.69) is 22.5 Å². The minimum atomic E-state index is -0.556. The fraction of sp³-hybridized carbons (Fsp3) is 0.600. The summed E-state index contributed by atoms with van der Waals surface area (Å²) in [5, 5.41) is 6.63. The number of aliphatic imine (C=N–C) groups is 1. The number of primary amides is 1. The van der Waals surface area contributed by atoms with Gasteiger partial charge in [0.15, 0.2) is 11.7 Å². The topological polar surface area (TPSA) is 92.6 Å². The van der Waals surface area contributed by atoms with Crippen LogP contribution in [0.2, 0.25) is 0 Å². The number of hydrogen-bond acceptors (Lipinski definition) is 3. The molecule has 1 saturated carbocycles. The van der Waals surface area contributed by atoms with E-state index >= 15 is 0 Å². The van der Waals surface area contributed by atoms with Crippen LogP contribution in [0.5, 0.6) is 0 Å². The summed E-state index contributed by atoms with van der Waals surface area (Å²) >= 11 is 0. The van der Waals surface area contributed by atoms with Crippen molar-refractivity contribution in [2.45, 2.75) is 45.2 Å². The summed E-state index contributed by atoms with van der Waals surface area (Å²) in [7, 11) is 1.75. The summed E-state index contributed by atoms with van der Waals surface area (Å²) in [5.41, 5.74) is 5.16. The van der Waals surface area contributed by atoms with Gasteiger partial charge in [0.2, 0.25) is 0 Å². The third-order valence-electron chi connectivity index (χ3n) is 3.84. The summed E-state index contributed by atoms with van der Waals surface area (Å²) in [6.45, 7) is 2.76. The minimum Gasteiger partial charge on any atom is -0.454 e. The molecule has 2 rings (SSSR count). The molecule has 0 bridgehead atoms. The third kappa shape index (κ3) is 5.51. The Morgan fingerprint density at radius 2 is 2.23 bits per heavy atom. The quantitative estimate of drug-likeness (QED) is 0.396. The molecule has 2 unspecified atom stereocenters. The summed E-state index contributed by atoms with van der Waals surface area (Å²) in [4.78, 5) is 15.2. The lowest BCUT2D eigenvalue weighted by Crippen LogP contribution is -2.44. The van der Waals surface area contributed by atoms with Gasteiger partial charge in [-0.05, 0) is 30.9 Å². The first-order valence-electron chi connectivity index (χ1n) is 7.44. The van der Waals surface area contributed by atoms with Gasteiger partial charge in [-0.15, -0.1) is 24.0 Å². The zero-order valence-corrected chi connectivity index (χ0v) is 15.4. The predicted molar refractivity (Wildman–Crippen MR) is 97.4 cm³/mol. The molecule has 4 N–H and O–H groups in total. The summed E-state index contributed by atoms with van der Waals surface area (Å²) < 4.78 is 5.33. The number of rotatable bonds is 4. The number of nitrogens with two attached hydrogens (primary N) is 1. The number of guanidine groups is 1. The van der Waals surface area contributed by atoms with Gasteiger partial charge in [-0.2, -0.15) is 0 Å². The first-order valence-corrected chi connectivity index (χ1v) is 7.44. The monoisotopic (exact) mass is 420 g/mol. The predicted octanol–water partition coefficient (Wildman–Crippen LogP) is 2.24. The van der Waals surface area contributed by atoms with Gasteiger partial charge in [0, 0.05) is 13.1 Å². The van der Waals surface area contributed by atoms with E-state index in [1.54, 1.807) is 19.2 Å². The first-order chi connectivity index (χ1) is 10.1. The normalized spacial score (nSPS) is 21.8. The van der Waals surface area contributed by atoms with E-state index in [9.17, 15) is 4.79 Å². The van der Waals surface area contributed by atoms with Crippen LogP contribution in [0, 0.1) is 5.92 Å². The Labute approximate surface area is 148 Å². The number of halogens is 1. The molecular formula is C15H25IN4O2. The number of nitrogens with one attached hydrogen (secondary N) is 2. The second kappa shape index (κ2) is 9.02. The van der Waals surface area contributed by atoms with Crippen molar-refractivity contribution in [3.05, 3.63) is 23.7 Å². The van der Waals surface area contributed by atoms with Crippen LogP contribution in [0.25, 0.3) is 0 Å². The van der Waals surface area contributed by atoms with Crippen LogP contribution >= 0.6 is 24.0 Å². The van der Waals surface area contributed by atoms with Crippen molar-refractivity contribution in [2.75, 3.05) is 7.05 Å². The number of amides is 1. The van der Waals surface area contributed by atoms with Gasteiger partial charge in [0.05, 0.1) is 6.54 Å². The van der Waals surface area contributed by atoms with Crippen molar-refractivity contribution in [2.24, 2.45) is 16.6 Å². The molecule has 0 spiro atoms. The second-order valence-corrected chi connectivity index (χ2v) is 5.67. The molecule has 1 aromatic heterocycles. The highest BCUT2D eigenvalue weighted by atomic mass is 127. The van der Waals surface area contributed by atoms with Gasteiger partial charge in [0.1, 0.15) is 5.76 Å². The number of nitrogens with zero attached hydrogens (tertiary/aromatic N) is 1. The number of hydrogen-bond donors (Lipinski definition) is 3. The van der Waals surface area contributed by atoms with Crippen molar-refractivity contribution < 1.29 is 9.21 Å². The Morgan fingerprint density at radius 1 is 1.45 bits per heavy atom. The van der Waals surface area contributed by atoms with Gasteiger partial charge in [-0.3, -0.25) is 9.79 Å². The van der Waals surface area contributed by atoms with E-state index in [1.165, 1.54) is 25.7 Å². The molecular weight excluding hydrogens is 395 g/mol. The lowest BCUT2D eigenvalue weighted by atomic mass is 9.87. The lowest BCUT2D eigenvalue weighted by Gasteiger charge is -2.28. The van der Waals surface area contributed by atoms with Crippen molar-refractivity contribution in [1.82, 2.24) is 10.6 Å². The van der Waals surface area contributed by atoms with Crippen LogP contribution < -0.4 is 16.4 Å². The first kappa shape index (κ1) is 18.8. The molecule has 1 fully saturated rings. The molecule has 1 aliphatic rings. The fourth-order valence-electron chi connectivity index (χ4n) is 2.73. The largest absolute Gasteiger partial charge is 0.454 e. The average molecular weight is 420 g/mol. The van der Waals surface area contributed by atoms with Crippen LogP contribution in [0.15, 0.2) is 21.5 Å². The number of carbonyl (C=O) groups is 1. The highest BCUT2D eigenvalue weighted by Gasteiger charge is 2.19. The molecule has 0 aromatic carbocycles. The molecule has 7 heteroatoms. The maximum atomic E-state index is 11.0. The summed E-state index contributed by atoms with van der Waals surface area (Å²) in [6.07, 6.45) is 4.92. The molecule has 0 aliphatic heterocycles. The molecule has 2 atom stereocenters. The molecule has 124 valence electrons. The second-order valence-electron chi connectivity index (χ2n) is 5.67. The number of furan rings is 1. The third-order valence-corrected chi connectivity index (χ3v) is 3.84.